The molecule has 1 N–H and O–H groups in total. The SMILES string of the molecule is C#CCNCCN(C)CC1CCCOC1. The highest BCUT2D eigenvalue weighted by atomic mass is 16.5. The number of nitrogens with one attached hydrogen (secondary N) is 1. The normalized spacial score (nSPS) is 21.5. The molecular formula is C12H22N2O. The van der Waals surface area contributed by atoms with Crippen molar-refractivity contribution in [3.05, 3.63) is 0 Å². The van der Waals surface area contributed by atoms with Crippen molar-refractivity contribution in [3.63, 3.8) is 0 Å². The number of hydrogen-bond donors (Lipinski definition) is 1. The minimum atomic E-state index is 0.667. The van der Waals surface area contributed by atoms with Crippen LogP contribution in [0.2, 0.25) is 0 Å². The first kappa shape index (κ1) is 12.5. The van der Waals surface area contributed by atoms with Gasteiger partial charge in [-0.3, -0.25) is 0 Å². The van der Waals surface area contributed by atoms with E-state index in [1.54, 1.807) is 0 Å². The van der Waals surface area contributed by atoms with Gasteiger partial charge in [-0.15, -0.1) is 6.42 Å². The van der Waals surface area contributed by atoms with E-state index in [1.165, 1.54) is 12.8 Å². The lowest BCUT2D eigenvalue weighted by Crippen LogP contribution is -2.35. The van der Waals surface area contributed by atoms with Crippen molar-refractivity contribution in [1.29, 1.82) is 0 Å². The molecule has 0 aromatic rings. The Labute approximate surface area is 93.2 Å². The fourth-order valence-corrected chi connectivity index (χ4v) is 1.91. The Balaban J connectivity index is 2.01. The van der Waals surface area contributed by atoms with E-state index < -0.39 is 0 Å². The zero-order chi connectivity index (χ0) is 10.9. The van der Waals surface area contributed by atoms with Gasteiger partial charge in [0.2, 0.25) is 0 Å². The van der Waals surface area contributed by atoms with Crippen LogP contribution in [0.15, 0.2) is 0 Å². The molecule has 0 aromatic heterocycles. The van der Waals surface area contributed by atoms with Crippen molar-refractivity contribution in [1.82, 2.24) is 10.2 Å². The van der Waals surface area contributed by atoms with Crippen LogP contribution in [0.3, 0.4) is 0 Å². The lowest BCUT2D eigenvalue weighted by molar-refractivity contribution is 0.0422. The van der Waals surface area contributed by atoms with E-state index in [9.17, 15) is 0 Å². The third-order valence-corrected chi connectivity index (χ3v) is 2.72. The predicted molar refractivity (Wildman–Crippen MR) is 62.7 cm³/mol. The fourth-order valence-electron chi connectivity index (χ4n) is 1.91. The summed E-state index contributed by atoms with van der Waals surface area (Å²) in [6.45, 7) is 5.70. The minimum absolute atomic E-state index is 0.667. The van der Waals surface area contributed by atoms with Crippen LogP contribution in [0.25, 0.3) is 0 Å². The Bertz CT molecular complexity index is 194. The Morgan fingerprint density at radius 3 is 3.13 bits per heavy atom. The largest absolute Gasteiger partial charge is 0.381 e. The fraction of sp³-hybridized carbons (Fsp3) is 0.833. The van der Waals surface area contributed by atoms with Crippen molar-refractivity contribution in [2.45, 2.75) is 12.8 Å². The molecule has 1 aliphatic rings. The van der Waals surface area contributed by atoms with Crippen LogP contribution in [-0.4, -0.2) is 51.3 Å². The third-order valence-electron chi connectivity index (χ3n) is 2.72. The molecule has 0 saturated carbocycles. The second kappa shape index (κ2) is 7.70. The second-order valence-corrected chi connectivity index (χ2v) is 4.23. The zero-order valence-corrected chi connectivity index (χ0v) is 9.67. The number of nitrogens with zero attached hydrogens (tertiary/aromatic N) is 1. The first-order chi connectivity index (χ1) is 7.33. The Morgan fingerprint density at radius 2 is 2.47 bits per heavy atom. The molecule has 0 radical (unpaired) electrons. The molecule has 1 fully saturated rings. The summed E-state index contributed by atoms with van der Waals surface area (Å²) in [4.78, 5) is 2.35. The molecule has 0 aromatic carbocycles. The molecule has 3 heteroatoms. The summed E-state index contributed by atoms with van der Waals surface area (Å²) >= 11 is 0. The van der Waals surface area contributed by atoms with E-state index in [2.05, 4.69) is 23.2 Å². The quantitative estimate of drug-likeness (QED) is 0.512. The number of rotatable bonds is 6. The molecular weight excluding hydrogens is 188 g/mol. The van der Waals surface area contributed by atoms with E-state index in [4.69, 9.17) is 11.2 Å². The van der Waals surface area contributed by atoms with Crippen LogP contribution in [0.1, 0.15) is 12.8 Å². The maximum Gasteiger partial charge on any atom is 0.0574 e. The standard InChI is InChI=1S/C12H22N2O/c1-3-6-13-7-8-14(2)10-12-5-4-9-15-11-12/h1,12-13H,4-11H2,2H3. The van der Waals surface area contributed by atoms with E-state index in [-0.39, 0.29) is 0 Å². The van der Waals surface area contributed by atoms with Gasteiger partial charge in [0.05, 0.1) is 13.2 Å². The van der Waals surface area contributed by atoms with Crippen molar-refractivity contribution < 1.29 is 4.74 Å². The van der Waals surface area contributed by atoms with E-state index >= 15 is 0 Å². The first-order valence-electron chi connectivity index (χ1n) is 5.73. The van der Waals surface area contributed by atoms with Crippen LogP contribution in [-0.2, 0) is 4.74 Å². The van der Waals surface area contributed by atoms with E-state index in [0.717, 1.165) is 38.8 Å². The molecule has 1 aliphatic heterocycles. The first-order valence-corrected chi connectivity index (χ1v) is 5.73. The number of likely N-dealkylation sites (N-methyl/N-ethyl adjacent to an activating group) is 1. The number of ether oxygens (including phenoxy) is 1. The van der Waals surface area contributed by atoms with Crippen molar-refractivity contribution in [2.24, 2.45) is 5.92 Å². The summed E-state index contributed by atoms with van der Waals surface area (Å²) in [5.74, 6) is 3.29. The van der Waals surface area contributed by atoms with Gasteiger partial charge in [0, 0.05) is 26.2 Å². The summed E-state index contributed by atoms with van der Waals surface area (Å²) in [5.41, 5.74) is 0. The Kier molecular flexibility index (Phi) is 6.42. The van der Waals surface area contributed by atoms with Gasteiger partial charge in [-0.05, 0) is 25.8 Å². The molecule has 86 valence electrons. The Morgan fingerprint density at radius 1 is 1.60 bits per heavy atom. The molecule has 1 rings (SSSR count). The van der Waals surface area contributed by atoms with Crippen molar-refractivity contribution >= 4 is 0 Å². The lowest BCUT2D eigenvalue weighted by atomic mass is 10.0. The average Bonchev–Trinajstić information content (AvgIpc) is 2.26. The summed E-state index contributed by atoms with van der Waals surface area (Å²) < 4.78 is 5.46. The number of hydrogen-bond acceptors (Lipinski definition) is 3. The van der Waals surface area contributed by atoms with Gasteiger partial charge in [-0.2, -0.15) is 0 Å². The number of terminal acetylenes is 1. The van der Waals surface area contributed by atoms with Crippen LogP contribution in [0.5, 0.6) is 0 Å². The van der Waals surface area contributed by atoms with Gasteiger partial charge in [0.1, 0.15) is 0 Å². The molecule has 1 atom stereocenters. The lowest BCUT2D eigenvalue weighted by Gasteiger charge is -2.27. The summed E-state index contributed by atoms with van der Waals surface area (Å²) in [5, 5.41) is 3.19. The molecule has 15 heavy (non-hydrogen) atoms. The highest BCUT2D eigenvalue weighted by molar-refractivity contribution is 4.86. The van der Waals surface area contributed by atoms with E-state index in [0.29, 0.717) is 6.54 Å². The third kappa shape index (κ3) is 5.78. The molecule has 1 heterocycles. The highest BCUT2D eigenvalue weighted by Gasteiger charge is 2.15. The topological polar surface area (TPSA) is 24.5 Å². The molecule has 0 bridgehead atoms. The van der Waals surface area contributed by atoms with Gasteiger partial charge in [0.15, 0.2) is 0 Å². The monoisotopic (exact) mass is 210 g/mol. The van der Waals surface area contributed by atoms with Crippen LogP contribution in [0.4, 0.5) is 0 Å². The summed E-state index contributed by atoms with van der Waals surface area (Å²) in [7, 11) is 2.16. The van der Waals surface area contributed by atoms with Crippen molar-refractivity contribution in [2.75, 3.05) is 46.4 Å². The van der Waals surface area contributed by atoms with Crippen LogP contribution < -0.4 is 5.32 Å². The van der Waals surface area contributed by atoms with Gasteiger partial charge >= 0.3 is 0 Å². The Hall–Kier alpha value is -0.560. The zero-order valence-electron chi connectivity index (χ0n) is 9.67. The minimum Gasteiger partial charge on any atom is -0.381 e. The van der Waals surface area contributed by atoms with Crippen molar-refractivity contribution in [3.8, 4) is 12.3 Å². The summed E-state index contributed by atoms with van der Waals surface area (Å²) in [6, 6.07) is 0. The second-order valence-electron chi connectivity index (χ2n) is 4.23. The highest BCUT2D eigenvalue weighted by Crippen LogP contribution is 2.13. The molecule has 0 amide bonds. The molecule has 1 saturated heterocycles. The molecule has 0 aliphatic carbocycles. The van der Waals surface area contributed by atoms with Gasteiger partial charge in [0.25, 0.3) is 0 Å². The molecule has 0 spiro atoms. The molecule has 1 unspecified atom stereocenters. The van der Waals surface area contributed by atoms with Crippen LogP contribution in [0, 0.1) is 18.3 Å². The van der Waals surface area contributed by atoms with E-state index in [1.807, 2.05) is 0 Å². The maximum absolute atomic E-state index is 5.46. The summed E-state index contributed by atoms with van der Waals surface area (Å²) in [6.07, 6.45) is 7.68. The smallest absolute Gasteiger partial charge is 0.0574 e. The van der Waals surface area contributed by atoms with Gasteiger partial charge in [-0.1, -0.05) is 5.92 Å². The molecule has 3 nitrogen and oxygen atoms in total. The van der Waals surface area contributed by atoms with Crippen LogP contribution >= 0.6 is 0 Å². The predicted octanol–water partition coefficient (Wildman–Crippen LogP) is 0.568. The van der Waals surface area contributed by atoms with Gasteiger partial charge in [-0.25, -0.2) is 0 Å². The van der Waals surface area contributed by atoms with Gasteiger partial charge < -0.3 is 15.0 Å². The average molecular weight is 210 g/mol. The maximum atomic E-state index is 5.46.